The van der Waals surface area contributed by atoms with Gasteiger partial charge in [-0.2, -0.15) is 0 Å². The number of carbonyl (C=O) groups is 3. The van der Waals surface area contributed by atoms with E-state index in [1.807, 2.05) is 19.9 Å². The molecule has 0 N–H and O–H groups in total. The molecule has 26 heavy (non-hydrogen) atoms. The number of aryl methyl sites for hydroxylation is 2. The molecule has 6 rings (SSSR count). The number of amides is 2. The summed E-state index contributed by atoms with van der Waals surface area (Å²) in [6.07, 6.45) is 5.38. The van der Waals surface area contributed by atoms with Crippen LogP contribution in [0.5, 0.6) is 5.75 Å². The molecule has 6 atom stereocenters. The van der Waals surface area contributed by atoms with Crippen molar-refractivity contribution in [2.45, 2.75) is 20.3 Å². The van der Waals surface area contributed by atoms with Crippen molar-refractivity contribution in [2.24, 2.45) is 35.5 Å². The van der Waals surface area contributed by atoms with E-state index in [0.717, 1.165) is 22.4 Å². The Hall–Kier alpha value is -2.43. The quantitative estimate of drug-likeness (QED) is 0.363. The van der Waals surface area contributed by atoms with Gasteiger partial charge < -0.3 is 4.74 Å². The first-order chi connectivity index (χ1) is 12.4. The summed E-state index contributed by atoms with van der Waals surface area (Å²) in [5.74, 6) is 0.427. The van der Waals surface area contributed by atoms with Crippen molar-refractivity contribution in [2.75, 3.05) is 6.54 Å². The number of imide groups is 1. The second kappa shape index (κ2) is 5.29. The van der Waals surface area contributed by atoms with Gasteiger partial charge in [0.05, 0.1) is 11.8 Å². The summed E-state index contributed by atoms with van der Waals surface area (Å²) < 4.78 is 5.39. The van der Waals surface area contributed by atoms with Crippen LogP contribution in [0.1, 0.15) is 17.5 Å². The molecule has 2 bridgehead atoms. The number of ether oxygens (including phenoxy) is 1. The summed E-state index contributed by atoms with van der Waals surface area (Å²) in [5.41, 5.74) is 1.99. The monoisotopic (exact) mass is 351 g/mol. The lowest BCUT2D eigenvalue weighted by molar-refractivity contribution is -0.148. The maximum atomic E-state index is 12.9. The molecule has 5 nitrogen and oxygen atoms in total. The predicted octanol–water partition coefficient (Wildman–Crippen LogP) is 2.26. The standard InChI is InChI=1S/C21H21NO4/c1-10-5-11(2)7-12(6-10)26-17(23)9-22-20(24)18-13-3-4-14(16-8-15(13)16)19(18)21(22)25/h3-7,13-16,18-19H,8-9H2,1-2H3/t13-,14-,15-,16+,18+,19+/m1/s1. The van der Waals surface area contributed by atoms with Crippen LogP contribution in [0.2, 0.25) is 0 Å². The third-order valence-electron chi connectivity index (χ3n) is 6.47. The number of benzene rings is 1. The van der Waals surface area contributed by atoms with Crippen molar-refractivity contribution in [3.05, 3.63) is 41.5 Å². The molecule has 5 heteroatoms. The molecule has 2 saturated carbocycles. The molecule has 1 heterocycles. The zero-order valence-corrected chi connectivity index (χ0v) is 14.8. The molecule has 0 spiro atoms. The van der Waals surface area contributed by atoms with Gasteiger partial charge in [-0.15, -0.1) is 0 Å². The van der Waals surface area contributed by atoms with E-state index in [9.17, 15) is 14.4 Å². The minimum atomic E-state index is -0.569. The van der Waals surface area contributed by atoms with Crippen LogP contribution in [0, 0.1) is 49.4 Å². The largest absolute Gasteiger partial charge is 0.425 e. The molecule has 1 saturated heterocycles. The maximum absolute atomic E-state index is 12.9. The first kappa shape index (κ1) is 15.8. The summed E-state index contributed by atoms with van der Waals surface area (Å²) >= 11 is 0. The topological polar surface area (TPSA) is 63.7 Å². The van der Waals surface area contributed by atoms with Gasteiger partial charge >= 0.3 is 5.97 Å². The Morgan fingerprint density at radius 1 is 1.00 bits per heavy atom. The highest BCUT2D eigenvalue weighted by atomic mass is 16.5. The van der Waals surface area contributed by atoms with Gasteiger partial charge in [-0.25, -0.2) is 4.79 Å². The van der Waals surface area contributed by atoms with Crippen molar-refractivity contribution < 1.29 is 19.1 Å². The van der Waals surface area contributed by atoms with Gasteiger partial charge in [0.2, 0.25) is 11.8 Å². The van der Waals surface area contributed by atoms with E-state index < -0.39 is 5.97 Å². The molecule has 1 aliphatic heterocycles. The summed E-state index contributed by atoms with van der Waals surface area (Å²) in [7, 11) is 0. The Labute approximate surface area is 152 Å². The molecule has 4 aliphatic carbocycles. The van der Waals surface area contributed by atoms with Crippen LogP contribution in [0.15, 0.2) is 30.4 Å². The molecule has 2 amide bonds. The van der Waals surface area contributed by atoms with E-state index in [4.69, 9.17) is 4.74 Å². The van der Waals surface area contributed by atoms with Gasteiger partial charge in [0.25, 0.3) is 0 Å². The summed E-state index contributed by atoms with van der Waals surface area (Å²) in [4.78, 5) is 39.2. The fraction of sp³-hybridized carbons (Fsp3) is 0.476. The lowest BCUT2D eigenvalue weighted by Crippen LogP contribution is -2.40. The molecular weight excluding hydrogens is 330 g/mol. The first-order valence-corrected chi connectivity index (χ1v) is 9.26. The van der Waals surface area contributed by atoms with Gasteiger partial charge in [0.1, 0.15) is 12.3 Å². The molecule has 5 aliphatic rings. The zero-order chi connectivity index (χ0) is 18.2. The fourth-order valence-corrected chi connectivity index (χ4v) is 5.46. The Morgan fingerprint density at radius 2 is 1.54 bits per heavy atom. The maximum Gasteiger partial charge on any atom is 0.331 e. The van der Waals surface area contributed by atoms with E-state index in [-0.39, 0.29) is 42.0 Å². The van der Waals surface area contributed by atoms with Crippen LogP contribution in [-0.4, -0.2) is 29.2 Å². The Bertz CT molecular complexity index is 817. The molecule has 0 unspecified atom stereocenters. The number of nitrogens with zero attached hydrogens (tertiary/aromatic N) is 1. The molecular formula is C21H21NO4. The van der Waals surface area contributed by atoms with Crippen molar-refractivity contribution in [1.82, 2.24) is 4.90 Å². The average molecular weight is 351 g/mol. The van der Waals surface area contributed by atoms with E-state index >= 15 is 0 Å². The zero-order valence-electron chi connectivity index (χ0n) is 14.8. The molecule has 1 aromatic rings. The number of carbonyl (C=O) groups excluding carboxylic acids is 3. The average Bonchev–Trinajstić information content (AvgIpc) is 3.35. The van der Waals surface area contributed by atoms with Gasteiger partial charge in [-0.05, 0) is 67.2 Å². The van der Waals surface area contributed by atoms with Crippen molar-refractivity contribution >= 4 is 17.8 Å². The van der Waals surface area contributed by atoms with Crippen molar-refractivity contribution in [3.63, 3.8) is 0 Å². The van der Waals surface area contributed by atoms with Gasteiger partial charge in [-0.3, -0.25) is 14.5 Å². The highest BCUT2D eigenvalue weighted by Gasteiger charge is 2.67. The minimum absolute atomic E-state index is 0.173. The van der Waals surface area contributed by atoms with Gasteiger partial charge in [-0.1, -0.05) is 18.2 Å². The predicted molar refractivity (Wildman–Crippen MR) is 93.0 cm³/mol. The van der Waals surface area contributed by atoms with E-state index in [2.05, 4.69) is 12.2 Å². The van der Waals surface area contributed by atoms with E-state index in [1.54, 1.807) is 12.1 Å². The number of likely N-dealkylation sites (tertiary alicyclic amines) is 1. The third kappa shape index (κ3) is 2.19. The summed E-state index contributed by atoms with van der Waals surface area (Å²) in [6.45, 7) is 3.56. The number of rotatable bonds is 3. The first-order valence-electron chi connectivity index (χ1n) is 9.26. The highest BCUT2D eigenvalue weighted by molar-refractivity contribution is 6.08. The van der Waals surface area contributed by atoms with Gasteiger partial charge in [0, 0.05) is 0 Å². The van der Waals surface area contributed by atoms with Gasteiger partial charge in [0.15, 0.2) is 0 Å². The van der Waals surface area contributed by atoms with E-state index in [1.165, 1.54) is 0 Å². The molecule has 0 aromatic heterocycles. The molecule has 1 aromatic carbocycles. The SMILES string of the molecule is Cc1cc(C)cc(OC(=O)CN2C(=O)[C@H]3[C@@H]4C=C[C@H]([C@@H]5C[C@H]45)[C@@H]3C2=O)c1. The lowest BCUT2D eigenvalue weighted by Gasteiger charge is -2.37. The normalized spacial score (nSPS) is 36.2. The second-order valence-electron chi connectivity index (χ2n) is 8.21. The fourth-order valence-electron chi connectivity index (χ4n) is 5.46. The van der Waals surface area contributed by atoms with Crippen molar-refractivity contribution in [3.8, 4) is 5.75 Å². The second-order valence-corrected chi connectivity index (χ2v) is 8.21. The van der Waals surface area contributed by atoms with Crippen LogP contribution in [-0.2, 0) is 14.4 Å². The molecule has 134 valence electrons. The molecule has 3 fully saturated rings. The summed E-state index contributed by atoms with van der Waals surface area (Å²) in [5, 5.41) is 0. The van der Waals surface area contributed by atoms with Crippen LogP contribution < -0.4 is 4.74 Å². The molecule has 0 radical (unpaired) electrons. The van der Waals surface area contributed by atoms with Crippen LogP contribution in [0.4, 0.5) is 0 Å². The summed E-state index contributed by atoms with van der Waals surface area (Å²) in [6, 6.07) is 5.54. The number of hydrogen-bond acceptors (Lipinski definition) is 4. The van der Waals surface area contributed by atoms with Crippen LogP contribution >= 0.6 is 0 Å². The van der Waals surface area contributed by atoms with Crippen molar-refractivity contribution in [1.29, 1.82) is 0 Å². The highest BCUT2D eigenvalue weighted by Crippen LogP contribution is 2.65. The minimum Gasteiger partial charge on any atom is -0.425 e. The third-order valence-corrected chi connectivity index (χ3v) is 6.47. The Balaban J connectivity index is 1.33. The number of hydrogen-bond donors (Lipinski definition) is 0. The Kier molecular flexibility index (Phi) is 3.21. The lowest BCUT2D eigenvalue weighted by atomic mass is 9.63. The van der Waals surface area contributed by atoms with E-state index in [0.29, 0.717) is 17.6 Å². The number of allylic oxidation sites excluding steroid dienone is 2. The van der Waals surface area contributed by atoms with Crippen LogP contribution in [0.3, 0.4) is 0 Å². The number of esters is 1. The Morgan fingerprint density at radius 3 is 2.08 bits per heavy atom. The smallest absolute Gasteiger partial charge is 0.331 e. The van der Waals surface area contributed by atoms with Crippen LogP contribution in [0.25, 0.3) is 0 Å².